The minimum absolute atomic E-state index is 0.104. The Kier molecular flexibility index (Phi) is 7.23. The van der Waals surface area contributed by atoms with Crippen molar-refractivity contribution < 1.29 is 13.2 Å². The van der Waals surface area contributed by atoms with Gasteiger partial charge in [-0.1, -0.05) is 25.1 Å². The summed E-state index contributed by atoms with van der Waals surface area (Å²) in [6.07, 6.45) is -3.45. The number of halogens is 3. The standard InChI is InChI=1S/C10H8F3N.C3H5N/c11-10(12,13)9-6-2-1-4-8(9)5-3-7-14;1-2-3-4/h1-2,4,6H,3,5H2;2H2,1H3. The lowest BCUT2D eigenvalue weighted by Crippen LogP contribution is -2.08. The van der Waals surface area contributed by atoms with Gasteiger partial charge in [0, 0.05) is 12.8 Å². The molecular weight excluding hydrogens is 241 g/mol. The van der Waals surface area contributed by atoms with Crippen molar-refractivity contribution in [2.75, 3.05) is 0 Å². The molecule has 5 heteroatoms. The van der Waals surface area contributed by atoms with Crippen LogP contribution in [0.1, 0.15) is 30.9 Å². The first-order valence-electron chi connectivity index (χ1n) is 5.36. The Balaban J connectivity index is 0.000000631. The molecule has 0 aliphatic heterocycles. The van der Waals surface area contributed by atoms with Crippen molar-refractivity contribution in [1.29, 1.82) is 10.5 Å². The Morgan fingerprint density at radius 1 is 1.11 bits per heavy atom. The highest BCUT2D eigenvalue weighted by molar-refractivity contribution is 5.29. The SMILES string of the molecule is CCC#N.N#CCCc1ccccc1C(F)(F)F. The quantitative estimate of drug-likeness (QED) is 0.798. The van der Waals surface area contributed by atoms with Gasteiger partial charge >= 0.3 is 6.18 Å². The minimum atomic E-state index is -4.33. The van der Waals surface area contributed by atoms with E-state index in [2.05, 4.69) is 0 Å². The van der Waals surface area contributed by atoms with Crippen molar-refractivity contribution in [3.8, 4) is 12.1 Å². The molecule has 0 saturated heterocycles. The van der Waals surface area contributed by atoms with Gasteiger partial charge in [-0.2, -0.15) is 23.7 Å². The number of benzene rings is 1. The molecule has 0 heterocycles. The molecule has 0 aliphatic carbocycles. The second-order valence-corrected chi connectivity index (χ2v) is 3.32. The van der Waals surface area contributed by atoms with Crippen molar-refractivity contribution >= 4 is 0 Å². The molecule has 0 radical (unpaired) electrons. The molecule has 0 fully saturated rings. The summed E-state index contributed by atoms with van der Waals surface area (Å²) in [6, 6.07) is 9.08. The highest BCUT2D eigenvalue weighted by Crippen LogP contribution is 2.32. The lowest BCUT2D eigenvalue weighted by molar-refractivity contribution is -0.138. The highest BCUT2D eigenvalue weighted by Gasteiger charge is 2.32. The van der Waals surface area contributed by atoms with E-state index in [1.807, 2.05) is 19.1 Å². The smallest absolute Gasteiger partial charge is 0.198 e. The molecule has 0 bridgehead atoms. The van der Waals surface area contributed by atoms with Crippen molar-refractivity contribution in [1.82, 2.24) is 0 Å². The number of nitriles is 2. The van der Waals surface area contributed by atoms with Crippen LogP contribution in [0.15, 0.2) is 24.3 Å². The van der Waals surface area contributed by atoms with Crippen molar-refractivity contribution in [3.63, 3.8) is 0 Å². The number of hydrogen-bond donors (Lipinski definition) is 0. The Morgan fingerprint density at radius 2 is 1.67 bits per heavy atom. The maximum absolute atomic E-state index is 12.4. The summed E-state index contributed by atoms with van der Waals surface area (Å²) >= 11 is 0. The van der Waals surface area contributed by atoms with E-state index in [1.54, 1.807) is 6.07 Å². The molecule has 1 aromatic rings. The second kappa shape index (κ2) is 8.14. The van der Waals surface area contributed by atoms with Crippen molar-refractivity contribution in [2.45, 2.75) is 32.4 Å². The van der Waals surface area contributed by atoms with Crippen LogP contribution in [0, 0.1) is 22.7 Å². The first-order valence-corrected chi connectivity index (χ1v) is 5.36. The molecule has 1 aromatic carbocycles. The van der Waals surface area contributed by atoms with Crippen LogP contribution in [0.5, 0.6) is 0 Å². The van der Waals surface area contributed by atoms with Gasteiger partial charge < -0.3 is 0 Å². The lowest BCUT2D eigenvalue weighted by atomic mass is 10.0. The van der Waals surface area contributed by atoms with E-state index < -0.39 is 11.7 Å². The minimum Gasteiger partial charge on any atom is -0.198 e. The average Bonchev–Trinajstić information content (AvgIpc) is 2.36. The molecule has 0 atom stereocenters. The van der Waals surface area contributed by atoms with Gasteiger partial charge in [-0.05, 0) is 18.1 Å². The topological polar surface area (TPSA) is 47.6 Å². The highest BCUT2D eigenvalue weighted by atomic mass is 19.4. The summed E-state index contributed by atoms with van der Waals surface area (Å²) < 4.78 is 37.2. The molecule has 1 rings (SSSR count). The Labute approximate surface area is 104 Å². The molecule has 0 N–H and O–H groups in total. The number of alkyl halides is 3. The van der Waals surface area contributed by atoms with Crippen LogP contribution in [0.3, 0.4) is 0 Å². The normalized spacial score (nSPS) is 9.67. The van der Waals surface area contributed by atoms with Crippen LogP contribution in [0.2, 0.25) is 0 Å². The Bertz CT molecular complexity index is 439. The van der Waals surface area contributed by atoms with E-state index in [9.17, 15) is 13.2 Å². The lowest BCUT2D eigenvalue weighted by Gasteiger charge is -2.10. The Hall–Kier alpha value is -2.01. The third-order valence-electron chi connectivity index (χ3n) is 1.99. The van der Waals surface area contributed by atoms with Crippen LogP contribution in [0.4, 0.5) is 13.2 Å². The van der Waals surface area contributed by atoms with E-state index in [0.29, 0.717) is 6.42 Å². The fourth-order valence-corrected chi connectivity index (χ4v) is 1.21. The van der Waals surface area contributed by atoms with Crippen molar-refractivity contribution in [3.05, 3.63) is 35.4 Å². The molecule has 0 aliphatic rings. The molecule has 0 saturated carbocycles. The van der Waals surface area contributed by atoms with Crippen LogP contribution in [0.25, 0.3) is 0 Å². The summed E-state index contributed by atoms with van der Waals surface area (Å²) in [7, 11) is 0. The van der Waals surface area contributed by atoms with E-state index >= 15 is 0 Å². The number of hydrogen-bond acceptors (Lipinski definition) is 2. The first kappa shape index (κ1) is 16.0. The molecule has 2 nitrogen and oxygen atoms in total. The maximum Gasteiger partial charge on any atom is 0.416 e. The summed E-state index contributed by atoms with van der Waals surface area (Å²) in [6.45, 7) is 1.82. The molecule has 96 valence electrons. The maximum atomic E-state index is 12.4. The summed E-state index contributed by atoms with van der Waals surface area (Å²) in [5.74, 6) is 0. The van der Waals surface area contributed by atoms with Gasteiger partial charge in [-0.25, -0.2) is 0 Å². The van der Waals surface area contributed by atoms with Gasteiger partial charge in [0.2, 0.25) is 0 Å². The van der Waals surface area contributed by atoms with Gasteiger partial charge in [-0.15, -0.1) is 0 Å². The van der Waals surface area contributed by atoms with E-state index in [1.165, 1.54) is 12.1 Å². The third kappa shape index (κ3) is 5.91. The van der Waals surface area contributed by atoms with Crippen LogP contribution >= 0.6 is 0 Å². The van der Waals surface area contributed by atoms with Gasteiger partial charge in [0.1, 0.15) is 0 Å². The Morgan fingerprint density at radius 3 is 2.11 bits per heavy atom. The van der Waals surface area contributed by atoms with Crippen LogP contribution < -0.4 is 0 Å². The fraction of sp³-hybridized carbons (Fsp3) is 0.385. The zero-order valence-electron chi connectivity index (χ0n) is 9.96. The predicted octanol–water partition coefficient (Wildman–Crippen LogP) is 4.08. The average molecular weight is 254 g/mol. The van der Waals surface area contributed by atoms with Gasteiger partial charge in [0.15, 0.2) is 0 Å². The molecule has 0 aromatic heterocycles. The van der Waals surface area contributed by atoms with Gasteiger partial charge in [-0.3, -0.25) is 0 Å². The summed E-state index contributed by atoms with van der Waals surface area (Å²) in [5.41, 5.74) is -0.461. The molecular formula is C13H13F3N2. The van der Waals surface area contributed by atoms with E-state index in [4.69, 9.17) is 10.5 Å². The van der Waals surface area contributed by atoms with E-state index in [0.717, 1.165) is 6.07 Å². The summed E-state index contributed by atoms with van der Waals surface area (Å²) in [4.78, 5) is 0. The zero-order chi connectivity index (χ0) is 14.0. The van der Waals surface area contributed by atoms with E-state index in [-0.39, 0.29) is 18.4 Å². The summed E-state index contributed by atoms with van der Waals surface area (Å²) in [5, 5.41) is 15.9. The molecule has 0 spiro atoms. The first-order chi connectivity index (χ1) is 8.47. The van der Waals surface area contributed by atoms with Crippen molar-refractivity contribution in [2.24, 2.45) is 0 Å². The van der Waals surface area contributed by atoms with Crippen LogP contribution in [-0.2, 0) is 12.6 Å². The molecule has 18 heavy (non-hydrogen) atoms. The fourth-order valence-electron chi connectivity index (χ4n) is 1.21. The third-order valence-corrected chi connectivity index (χ3v) is 1.99. The second-order valence-electron chi connectivity index (χ2n) is 3.32. The molecule has 0 amide bonds. The largest absolute Gasteiger partial charge is 0.416 e. The monoisotopic (exact) mass is 254 g/mol. The number of nitrogens with zero attached hydrogens (tertiary/aromatic N) is 2. The predicted molar refractivity (Wildman–Crippen MR) is 61.3 cm³/mol. The zero-order valence-corrected chi connectivity index (χ0v) is 9.96. The number of aryl methyl sites for hydroxylation is 1. The number of rotatable bonds is 2. The van der Waals surface area contributed by atoms with Crippen LogP contribution in [-0.4, -0.2) is 0 Å². The van der Waals surface area contributed by atoms with Gasteiger partial charge in [0.25, 0.3) is 0 Å². The van der Waals surface area contributed by atoms with Gasteiger partial charge in [0.05, 0.1) is 17.7 Å². The molecule has 0 unspecified atom stereocenters.